The molecule has 0 unspecified atom stereocenters. The second-order valence-corrected chi connectivity index (χ2v) is 6.75. The molecule has 0 radical (unpaired) electrons. The lowest BCUT2D eigenvalue weighted by molar-refractivity contribution is 0.0591. The molecule has 1 saturated carbocycles. The number of esters is 1. The molecule has 1 aliphatic rings. The van der Waals surface area contributed by atoms with Gasteiger partial charge in [0.2, 0.25) is 6.43 Å². The van der Waals surface area contributed by atoms with E-state index < -0.39 is 12.4 Å². The molecular weight excluding hydrogens is 362 g/mol. The lowest BCUT2D eigenvalue weighted by Gasteiger charge is -2.13. The van der Waals surface area contributed by atoms with E-state index in [-0.39, 0.29) is 25.0 Å². The van der Waals surface area contributed by atoms with E-state index in [1.165, 1.54) is 7.11 Å². The van der Waals surface area contributed by atoms with Crippen molar-refractivity contribution < 1.29 is 18.3 Å². The van der Waals surface area contributed by atoms with Crippen LogP contribution in [0.4, 0.5) is 8.78 Å². The largest absolute Gasteiger partial charge is 0.464 e. The number of ether oxygens (including phenoxy) is 1. The number of rotatable bonds is 7. The topological polar surface area (TPSA) is 52.1 Å². The van der Waals surface area contributed by atoms with Crippen molar-refractivity contribution in [1.82, 2.24) is 9.97 Å². The van der Waals surface area contributed by atoms with E-state index in [2.05, 4.69) is 9.97 Å². The van der Waals surface area contributed by atoms with E-state index in [0.717, 1.165) is 24.1 Å². The van der Waals surface area contributed by atoms with E-state index in [1.807, 2.05) is 6.07 Å². The number of aromatic nitrogens is 2. The molecule has 7 heteroatoms. The number of hydrogen-bond acceptors (Lipinski definition) is 4. The minimum Gasteiger partial charge on any atom is -0.464 e. The first-order valence-electron chi connectivity index (χ1n) is 8.48. The summed E-state index contributed by atoms with van der Waals surface area (Å²) in [4.78, 5) is 21.0. The molecule has 1 aromatic carbocycles. The van der Waals surface area contributed by atoms with E-state index in [0.29, 0.717) is 22.2 Å². The standard InChI is InChI=1S/C19H19ClF2N2O2/c1-26-19(25)18-15(23-10-16(24-18)11-5-6-11)9-12-3-2-4-14(20)13(12)7-8-17(21)22/h2-4,10-11,17H,5-9H2,1H3. The summed E-state index contributed by atoms with van der Waals surface area (Å²) in [5.74, 6) is -0.195. The fourth-order valence-electron chi connectivity index (χ4n) is 2.88. The van der Waals surface area contributed by atoms with E-state index >= 15 is 0 Å². The minimum absolute atomic E-state index is 0.161. The molecule has 0 bridgehead atoms. The third-order valence-corrected chi connectivity index (χ3v) is 4.78. The Morgan fingerprint density at radius 3 is 2.81 bits per heavy atom. The normalized spacial score (nSPS) is 13.9. The molecular formula is C19H19ClF2N2O2. The van der Waals surface area contributed by atoms with Crippen molar-refractivity contribution in [2.24, 2.45) is 0 Å². The Kier molecular flexibility index (Phi) is 5.81. The summed E-state index contributed by atoms with van der Waals surface area (Å²) in [5.41, 5.74) is 2.84. The zero-order valence-corrected chi connectivity index (χ0v) is 15.1. The van der Waals surface area contributed by atoms with E-state index in [9.17, 15) is 13.6 Å². The average Bonchev–Trinajstić information content (AvgIpc) is 3.46. The maximum Gasteiger partial charge on any atom is 0.358 e. The Balaban J connectivity index is 1.93. The fourth-order valence-corrected chi connectivity index (χ4v) is 3.16. The molecule has 138 valence electrons. The molecule has 0 amide bonds. The lowest BCUT2D eigenvalue weighted by atomic mass is 9.98. The van der Waals surface area contributed by atoms with Gasteiger partial charge in [-0.1, -0.05) is 23.7 Å². The average molecular weight is 381 g/mol. The minimum atomic E-state index is -2.40. The highest BCUT2D eigenvalue weighted by Gasteiger charge is 2.28. The van der Waals surface area contributed by atoms with Crippen LogP contribution in [-0.4, -0.2) is 29.5 Å². The van der Waals surface area contributed by atoms with Crippen LogP contribution in [0.5, 0.6) is 0 Å². The van der Waals surface area contributed by atoms with Gasteiger partial charge in [-0.25, -0.2) is 18.6 Å². The van der Waals surface area contributed by atoms with Gasteiger partial charge < -0.3 is 4.74 Å². The zero-order valence-electron chi connectivity index (χ0n) is 14.3. The molecule has 2 aromatic rings. The molecule has 3 rings (SSSR count). The van der Waals surface area contributed by atoms with Crippen LogP contribution < -0.4 is 0 Å². The molecule has 0 saturated heterocycles. The van der Waals surface area contributed by atoms with Crippen LogP contribution in [0.15, 0.2) is 24.4 Å². The summed E-state index contributed by atoms with van der Waals surface area (Å²) in [5, 5.41) is 0.435. The van der Waals surface area contributed by atoms with Gasteiger partial charge in [0, 0.05) is 30.0 Å². The van der Waals surface area contributed by atoms with Gasteiger partial charge in [0.05, 0.1) is 18.5 Å². The Morgan fingerprint density at radius 1 is 1.38 bits per heavy atom. The quantitative estimate of drug-likeness (QED) is 0.659. The monoisotopic (exact) mass is 380 g/mol. The van der Waals surface area contributed by atoms with Crippen molar-refractivity contribution in [2.75, 3.05) is 7.11 Å². The third-order valence-electron chi connectivity index (χ3n) is 4.43. The number of nitrogens with zero attached hydrogens (tertiary/aromatic N) is 2. The Hall–Kier alpha value is -2.08. The van der Waals surface area contributed by atoms with Crippen molar-refractivity contribution in [1.29, 1.82) is 0 Å². The van der Waals surface area contributed by atoms with Crippen molar-refractivity contribution >= 4 is 17.6 Å². The number of carbonyl (C=O) groups excluding carboxylic acids is 1. The second-order valence-electron chi connectivity index (χ2n) is 6.34. The number of alkyl halides is 2. The van der Waals surface area contributed by atoms with Gasteiger partial charge in [0.15, 0.2) is 5.69 Å². The molecule has 1 heterocycles. The highest BCUT2D eigenvalue weighted by molar-refractivity contribution is 6.31. The highest BCUT2D eigenvalue weighted by Crippen LogP contribution is 2.39. The first-order chi connectivity index (χ1) is 12.5. The lowest BCUT2D eigenvalue weighted by Crippen LogP contribution is -2.13. The highest BCUT2D eigenvalue weighted by atomic mass is 35.5. The number of hydrogen-bond donors (Lipinski definition) is 0. The van der Waals surface area contributed by atoms with Crippen molar-refractivity contribution in [2.45, 2.75) is 44.4 Å². The van der Waals surface area contributed by atoms with Crippen LogP contribution in [-0.2, 0) is 17.6 Å². The molecule has 0 N–H and O–H groups in total. The summed E-state index contributed by atoms with van der Waals surface area (Å²) in [7, 11) is 1.30. The summed E-state index contributed by atoms with van der Waals surface area (Å²) in [6, 6.07) is 5.24. The third kappa shape index (κ3) is 4.36. The summed E-state index contributed by atoms with van der Waals surface area (Å²) in [6.45, 7) is 0. The summed E-state index contributed by atoms with van der Waals surface area (Å²) >= 11 is 6.21. The zero-order chi connectivity index (χ0) is 18.7. The molecule has 1 fully saturated rings. The smallest absolute Gasteiger partial charge is 0.358 e. The van der Waals surface area contributed by atoms with Gasteiger partial charge in [0.25, 0.3) is 0 Å². The van der Waals surface area contributed by atoms with E-state index in [1.54, 1.807) is 18.3 Å². The molecule has 0 aliphatic heterocycles. The maximum absolute atomic E-state index is 12.6. The van der Waals surface area contributed by atoms with Crippen LogP contribution in [0, 0.1) is 0 Å². The molecule has 1 aromatic heterocycles. The second kappa shape index (κ2) is 8.08. The van der Waals surface area contributed by atoms with E-state index in [4.69, 9.17) is 16.3 Å². The van der Waals surface area contributed by atoms with Crippen LogP contribution in [0.25, 0.3) is 0 Å². The number of carbonyl (C=O) groups is 1. The van der Waals surface area contributed by atoms with Gasteiger partial charge in [-0.15, -0.1) is 0 Å². The maximum atomic E-state index is 12.6. The molecule has 4 nitrogen and oxygen atoms in total. The summed E-state index contributed by atoms with van der Waals surface area (Å²) in [6.07, 6.45) is 1.54. The van der Waals surface area contributed by atoms with Crippen LogP contribution >= 0.6 is 11.6 Å². The molecule has 1 aliphatic carbocycles. The molecule has 26 heavy (non-hydrogen) atoms. The van der Waals surface area contributed by atoms with Gasteiger partial charge in [-0.2, -0.15) is 0 Å². The van der Waals surface area contributed by atoms with Crippen LogP contribution in [0.3, 0.4) is 0 Å². The van der Waals surface area contributed by atoms with Crippen molar-refractivity contribution in [3.8, 4) is 0 Å². The summed E-state index contributed by atoms with van der Waals surface area (Å²) < 4.78 is 30.1. The van der Waals surface area contributed by atoms with Gasteiger partial charge in [-0.3, -0.25) is 4.98 Å². The Labute approximate surface area is 155 Å². The molecule has 0 atom stereocenters. The number of methoxy groups -OCH3 is 1. The number of benzene rings is 1. The predicted molar refractivity (Wildman–Crippen MR) is 93.9 cm³/mol. The Morgan fingerprint density at radius 2 is 2.15 bits per heavy atom. The van der Waals surface area contributed by atoms with Crippen LogP contribution in [0.1, 0.15) is 58.2 Å². The van der Waals surface area contributed by atoms with Gasteiger partial charge in [0.1, 0.15) is 0 Å². The first kappa shape index (κ1) is 18.7. The Bertz CT molecular complexity index is 810. The van der Waals surface area contributed by atoms with Gasteiger partial charge in [-0.05, 0) is 36.5 Å². The molecule has 0 spiro atoms. The first-order valence-corrected chi connectivity index (χ1v) is 8.86. The van der Waals surface area contributed by atoms with Gasteiger partial charge >= 0.3 is 5.97 Å². The SMILES string of the molecule is COC(=O)c1nc(C2CC2)cnc1Cc1cccc(Cl)c1CCC(F)F. The van der Waals surface area contributed by atoms with Crippen LogP contribution in [0.2, 0.25) is 5.02 Å². The van der Waals surface area contributed by atoms with Crippen molar-refractivity contribution in [3.05, 3.63) is 57.6 Å². The fraction of sp³-hybridized carbons (Fsp3) is 0.421. The van der Waals surface area contributed by atoms with Crippen molar-refractivity contribution in [3.63, 3.8) is 0 Å². The predicted octanol–water partition coefficient (Wildman–Crippen LogP) is 4.58. The number of halogens is 3.